The number of rotatable bonds is 6. The first-order valence-electron chi connectivity index (χ1n) is 8.88. The molecule has 6 heteroatoms. The number of benzene rings is 3. The molecule has 0 saturated heterocycles. The third-order valence-electron chi connectivity index (χ3n) is 4.45. The number of carbonyl (C=O) groups is 1. The van der Waals surface area contributed by atoms with Crippen LogP contribution >= 0.6 is 0 Å². The van der Waals surface area contributed by atoms with Crippen molar-refractivity contribution >= 4 is 27.3 Å². The monoisotopic (exact) mass is 394 g/mol. The first kappa shape index (κ1) is 19.6. The van der Waals surface area contributed by atoms with Gasteiger partial charge in [0.1, 0.15) is 6.54 Å². The SMILES string of the molecule is Cc1ccc(N(CC(=O)Nc2ccccc2)S(=O)(=O)c2ccccc2)cc1C. The van der Waals surface area contributed by atoms with Crippen molar-refractivity contribution < 1.29 is 13.2 Å². The van der Waals surface area contributed by atoms with Gasteiger partial charge in [0, 0.05) is 5.69 Å². The normalized spacial score (nSPS) is 11.1. The van der Waals surface area contributed by atoms with E-state index in [1.54, 1.807) is 54.6 Å². The third-order valence-corrected chi connectivity index (χ3v) is 6.24. The average Bonchev–Trinajstić information content (AvgIpc) is 2.70. The summed E-state index contributed by atoms with van der Waals surface area (Å²) in [4.78, 5) is 12.7. The Labute approximate surface area is 165 Å². The van der Waals surface area contributed by atoms with Crippen molar-refractivity contribution in [3.8, 4) is 0 Å². The molecule has 1 N–H and O–H groups in total. The molecule has 3 aromatic rings. The Bertz CT molecular complexity index is 1070. The maximum absolute atomic E-state index is 13.3. The molecule has 0 aliphatic carbocycles. The lowest BCUT2D eigenvalue weighted by Gasteiger charge is -2.24. The van der Waals surface area contributed by atoms with Gasteiger partial charge < -0.3 is 5.32 Å². The lowest BCUT2D eigenvalue weighted by atomic mass is 10.1. The fraction of sp³-hybridized carbons (Fsp3) is 0.136. The van der Waals surface area contributed by atoms with E-state index in [4.69, 9.17) is 0 Å². The topological polar surface area (TPSA) is 66.5 Å². The van der Waals surface area contributed by atoms with E-state index in [1.807, 2.05) is 26.0 Å². The summed E-state index contributed by atoms with van der Waals surface area (Å²) in [5.41, 5.74) is 3.07. The highest BCUT2D eigenvalue weighted by Gasteiger charge is 2.27. The zero-order valence-corrected chi connectivity index (χ0v) is 16.6. The van der Waals surface area contributed by atoms with Crippen LogP contribution in [0.4, 0.5) is 11.4 Å². The van der Waals surface area contributed by atoms with Crippen LogP contribution in [-0.4, -0.2) is 20.9 Å². The van der Waals surface area contributed by atoms with Crippen molar-refractivity contribution in [3.05, 3.63) is 90.0 Å². The van der Waals surface area contributed by atoms with Crippen molar-refractivity contribution in [2.75, 3.05) is 16.2 Å². The number of anilines is 2. The van der Waals surface area contributed by atoms with E-state index in [0.717, 1.165) is 15.4 Å². The van der Waals surface area contributed by atoms with Crippen LogP contribution in [0.25, 0.3) is 0 Å². The van der Waals surface area contributed by atoms with Gasteiger partial charge in [-0.2, -0.15) is 0 Å². The van der Waals surface area contributed by atoms with Crippen molar-refractivity contribution in [2.24, 2.45) is 0 Å². The summed E-state index contributed by atoms with van der Waals surface area (Å²) < 4.78 is 27.7. The zero-order chi connectivity index (χ0) is 20.1. The van der Waals surface area contributed by atoms with Crippen LogP contribution in [0.3, 0.4) is 0 Å². The summed E-state index contributed by atoms with van der Waals surface area (Å²) in [6.45, 7) is 3.54. The second-order valence-corrected chi connectivity index (χ2v) is 8.37. The van der Waals surface area contributed by atoms with E-state index >= 15 is 0 Å². The standard InChI is InChI=1S/C22H22N2O3S/c1-17-13-14-20(15-18(17)2)24(28(26,27)21-11-7-4-8-12-21)16-22(25)23-19-9-5-3-6-10-19/h3-15H,16H2,1-2H3,(H,23,25). The quantitative estimate of drug-likeness (QED) is 0.683. The Hall–Kier alpha value is -3.12. The first-order valence-corrected chi connectivity index (χ1v) is 10.3. The number of para-hydroxylation sites is 1. The van der Waals surface area contributed by atoms with Gasteiger partial charge in [0.05, 0.1) is 10.6 Å². The lowest BCUT2D eigenvalue weighted by molar-refractivity contribution is -0.114. The number of hydrogen-bond acceptors (Lipinski definition) is 3. The van der Waals surface area contributed by atoms with Crippen LogP contribution in [0.1, 0.15) is 11.1 Å². The highest BCUT2D eigenvalue weighted by molar-refractivity contribution is 7.92. The molecule has 0 saturated carbocycles. The average molecular weight is 394 g/mol. The fourth-order valence-corrected chi connectivity index (χ4v) is 4.20. The second-order valence-electron chi connectivity index (χ2n) is 6.51. The number of hydrogen-bond donors (Lipinski definition) is 1. The van der Waals surface area contributed by atoms with Gasteiger partial charge in [-0.1, -0.05) is 42.5 Å². The van der Waals surface area contributed by atoms with Gasteiger partial charge in [0.25, 0.3) is 10.0 Å². The molecular formula is C22H22N2O3S. The summed E-state index contributed by atoms with van der Waals surface area (Å²) in [5.74, 6) is -0.413. The first-order chi connectivity index (χ1) is 13.4. The maximum atomic E-state index is 13.3. The summed E-state index contributed by atoms with van der Waals surface area (Å²) in [5, 5.41) is 2.75. The number of amides is 1. The lowest BCUT2D eigenvalue weighted by Crippen LogP contribution is -2.38. The van der Waals surface area contributed by atoms with Crippen LogP contribution in [0, 0.1) is 13.8 Å². The van der Waals surface area contributed by atoms with Gasteiger partial charge in [-0.05, 0) is 61.4 Å². The van der Waals surface area contributed by atoms with Gasteiger partial charge in [-0.15, -0.1) is 0 Å². The van der Waals surface area contributed by atoms with E-state index < -0.39 is 15.9 Å². The minimum Gasteiger partial charge on any atom is -0.325 e. The second kappa shape index (κ2) is 8.27. The molecule has 28 heavy (non-hydrogen) atoms. The Morgan fingerprint density at radius 3 is 2.07 bits per heavy atom. The minimum atomic E-state index is -3.90. The number of sulfonamides is 1. The van der Waals surface area contributed by atoms with E-state index in [0.29, 0.717) is 11.4 Å². The molecule has 0 fully saturated rings. The third kappa shape index (κ3) is 4.40. The number of aryl methyl sites for hydroxylation is 2. The summed E-state index contributed by atoms with van der Waals surface area (Å²) >= 11 is 0. The number of nitrogens with zero attached hydrogens (tertiary/aromatic N) is 1. The predicted molar refractivity (Wildman–Crippen MR) is 112 cm³/mol. The maximum Gasteiger partial charge on any atom is 0.264 e. The summed E-state index contributed by atoms with van der Waals surface area (Å²) in [7, 11) is -3.90. The molecule has 0 unspecified atom stereocenters. The number of carbonyl (C=O) groups excluding carboxylic acids is 1. The van der Waals surface area contributed by atoms with Crippen molar-refractivity contribution in [1.82, 2.24) is 0 Å². The smallest absolute Gasteiger partial charge is 0.264 e. The molecule has 144 valence electrons. The van der Waals surface area contributed by atoms with Crippen molar-refractivity contribution in [1.29, 1.82) is 0 Å². The molecule has 0 heterocycles. The van der Waals surface area contributed by atoms with Gasteiger partial charge in [0.2, 0.25) is 5.91 Å². The number of nitrogens with one attached hydrogen (secondary N) is 1. The van der Waals surface area contributed by atoms with Gasteiger partial charge in [0.15, 0.2) is 0 Å². The Morgan fingerprint density at radius 1 is 0.857 bits per heavy atom. The van der Waals surface area contributed by atoms with Crippen LogP contribution in [0.2, 0.25) is 0 Å². The Kier molecular flexibility index (Phi) is 5.80. The van der Waals surface area contributed by atoms with Crippen LogP contribution in [-0.2, 0) is 14.8 Å². The molecule has 0 radical (unpaired) electrons. The highest BCUT2D eigenvalue weighted by Crippen LogP contribution is 2.25. The molecule has 0 spiro atoms. The molecule has 5 nitrogen and oxygen atoms in total. The minimum absolute atomic E-state index is 0.140. The molecule has 0 aromatic heterocycles. The van der Waals surface area contributed by atoms with E-state index in [1.165, 1.54) is 12.1 Å². The molecule has 3 aromatic carbocycles. The predicted octanol–water partition coefficient (Wildman–Crippen LogP) is 4.14. The fourth-order valence-electron chi connectivity index (χ4n) is 2.77. The van der Waals surface area contributed by atoms with Crippen LogP contribution in [0.15, 0.2) is 83.8 Å². The molecule has 0 atom stereocenters. The molecule has 0 aliphatic heterocycles. The van der Waals surface area contributed by atoms with Crippen LogP contribution < -0.4 is 9.62 Å². The highest BCUT2D eigenvalue weighted by atomic mass is 32.2. The summed E-state index contributed by atoms with van der Waals surface area (Å²) in [6, 6.07) is 22.4. The molecule has 1 amide bonds. The largest absolute Gasteiger partial charge is 0.325 e. The molecule has 3 rings (SSSR count). The van der Waals surface area contributed by atoms with Gasteiger partial charge >= 0.3 is 0 Å². The van der Waals surface area contributed by atoms with Crippen molar-refractivity contribution in [3.63, 3.8) is 0 Å². The van der Waals surface area contributed by atoms with E-state index in [-0.39, 0.29) is 11.4 Å². The zero-order valence-electron chi connectivity index (χ0n) is 15.8. The van der Waals surface area contributed by atoms with E-state index in [2.05, 4.69) is 5.32 Å². The van der Waals surface area contributed by atoms with Gasteiger partial charge in [-0.25, -0.2) is 8.42 Å². The summed E-state index contributed by atoms with van der Waals surface area (Å²) in [6.07, 6.45) is 0. The Balaban J connectivity index is 1.97. The van der Waals surface area contributed by atoms with Crippen LogP contribution in [0.5, 0.6) is 0 Å². The van der Waals surface area contributed by atoms with Gasteiger partial charge in [-0.3, -0.25) is 9.10 Å². The van der Waals surface area contributed by atoms with E-state index in [9.17, 15) is 13.2 Å². The molecular weight excluding hydrogens is 372 g/mol. The molecule has 0 aliphatic rings. The Morgan fingerprint density at radius 2 is 1.46 bits per heavy atom. The van der Waals surface area contributed by atoms with Crippen molar-refractivity contribution in [2.45, 2.75) is 18.7 Å². The molecule has 0 bridgehead atoms.